The van der Waals surface area contributed by atoms with Crippen LogP contribution in [0.2, 0.25) is 5.02 Å². The minimum atomic E-state index is 0.493. The lowest BCUT2D eigenvalue weighted by Crippen LogP contribution is -2.33. The number of fused-ring (bicyclic) bond motifs is 2. The summed E-state index contributed by atoms with van der Waals surface area (Å²) in [5.74, 6) is 1.62. The molecule has 0 unspecified atom stereocenters. The van der Waals surface area contributed by atoms with Crippen LogP contribution >= 0.6 is 22.9 Å². The minimum Gasteiger partial charge on any atom is -0.348 e. The van der Waals surface area contributed by atoms with Gasteiger partial charge in [0.25, 0.3) is 0 Å². The third-order valence-electron chi connectivity index (χ3n) is 4.90. The summed E-state index contributed by atoms with van der Waals surface area (Å²) >= 11 is 7.81. The zero-order valence-corrected chi connectivity index (χ0v) is 15.1. The van der Waals surface area contributed by atoms with Gasteiger partial charge in [-0.05, 0) is 43.2 Å². The Morgan fingerprint density at radius 1 is 1.04 bits per heavy atom. The second-order valence-corrected chi connectivity index (χ2v) is 7.95. The van der Waals surface area contributed by atoms with Gasteiger partial charge < -0.3 is 9.88 Å². The van der Waals surface area contributed by atoms with Crippen LogP contribution in [0.4, 0.5) is 5.13 Å². The highest BCUT2D eigenvalue weighted by Crippen LogP contribution is 2.35. The molecule has 25 heavy (non-hydrogen) atoms. The molecule has 0 bridgehead atoms. The first kappa shape index (κ1) is 15.2. The van der Waals surface area contributed by atoms with Crippen molar-refractivity contribution in [2.45, 2.75) is 18.8 Å². The molecule has 4 nitrogen and oxygen atoms in total. The number of para-hydroxylation sites is 2. The maximum absolute atomic E-state index is 6.09. The van der Waals surface area contributed by atoms with E-state index in [0.29, 0.717) is 5.92 Å². The van der Waals surface area contributed by atoms with Gasteiger partial charge in [-0.2, -0.15) is 0 Å². The number of piperidine rings is 1. The van der Waals surface area contributed by atoms with Crippen molar-refractivity contribution in [2.24, 2.45) is 0 Å². The van der Waals surface area contributed by atoms with E-state index in [2.05, 4.69) is 22.0 Å². The van der Waals surface area contributed by atoms with E-state index in [4.69, 9.17) is 21.6 Å². The summed E-state index contributed by atoms with van der Waals surface area (Å²) in [5, 5.41) is 1.87. The topological polar surface area (TPSA) is 44.8 Å². The Morgan fingerprint density at radius 2 is 1.88 bits per heavy atom. The molecule has 126 valence electrons. The third-order valence-corrected chi connectivity index (χ3v) is 6.21. The van der Waals surface area contributed by atoms with Crippen LogP contribution in [0.25, 0.3) is 21.3 Å². The van der Waals surface area contributed by atoms with E-state index in [1.807, 2.05) is 30.3 Å². The molecule has 0 aliphatic carbocycles. The van der Waals surface area contributed by atoms with Gasteiger partial charge in [-0.25, -0.2) is 9.97 Å². The molecule has 1 fully saturated rings. The summed E-state index contributed by atoms with van der Waals surface area (Å²) < 4.78 is 1.15. The summed E-state index contributed by atoms with van der Waals surface area (Å²) in [5.41, 5.74) is 3.22. The fourth-order valence-corrected chi connectivity index (χ4v) is 4.82. The molecule has 2 aromatic heterocycles. The first-order valence-corrected chi connectivity index (χ1v) is 9.71. The van der Waals surface area contributed by atoms with E-state index in [1.54, 1.807) is 11.3 Å². The number of benzene rings is 2. The molecule has 0 saturated carbocycles. The number of aromatic nitrogens is 3. The summed E-state index contributed by atoms with van der Waals surface area (Å²) in [6.07, 6.45) is 2.19. The highest BCUT2D eigenvalue weighted by Gasteiger charge is 2.24. The van der Waals surface area contributed by atoms with E-state index in [-0.39, 0.29) is 0 Å². The molecule has 2 aromatic carbocycles. The van der Waals surface area contributed by atoms with Crippen molar-refractivity contribution >= 4 is 49.3 Å². The van der Waals surface area contributed by atoms with Gasteiger partial charge in [-0.1, -0.05) is 35.1 Å². The Labute approximate surface area is 154 Å². The van der Waals surface area contributed by atoms with Crippen LogP contribution in [0.5, 0.6) is 0 Å². The highest BCUT2D eigenvalue weighted by atomic mass is 35.5. The second kappa shape index (κ2) is 6.00. The molecule has 1 aliphatic heterocycles. The molecule has 0 radical (unpaired) electrons. The molecule has 1 saturated heterocycles. The van der Waals surface area contributed by atoms with Gasteiger partial charge in [0.1, 0.15) is 5.82 Å². The summed E-state index contributed by atoms with van der Waals surface area (Å²) in [7, 11) is 0. The van der Waals surface area contributed by atoms with Crippen LogP contribution in [0.15, 0.2) is 42.5 Å². The molecule has 1 N–H and O–H groups in total. The van der Waals surface area contributed by atoms with Crippen LogP contribution in [-0.2, 0) is 0 Å². The number of imidazole rings is 1. The van der Waals surface area contributed by atoms with Crippen molar-refractivity contribution < 1.29 is 0 Å². The monoisotopic (exact) mass is 368 g/mol. The van der Waals surface area contributed by atoms with Gasteiger partial charge in [0.15, 0.2) is 5.13 Å². The van der Waals surface area contributed by atoms with Crippen molar-refractivity contribution in [3.63, 3.8) is 0 Å². The number of aromatic amines is 1. The predicted molar refractivity (Wildman–Crippen MR) is 105 cm³/mol. The van der Waals surface area contributed by atoms with E-state index in [1.165, 1.54) is 0 Å². The SMILES string of the molecule is Clc1ccc2nc(N3CCC(c4nc5ccccc5[nH]4)CC3)sc2c1. The number of anilines is 1. The Morgan fingerprint density at radius 3 is 2.72 bits per heavy atom. The second-order valence-electron chi connectivity index (χ2n) is 6.51. The summed E-state index contributed by atoms with van der Waals surface area (Å²) in [4.78, 5) is 15.4. The molecule has 0 spiro atoms. The van der Waals surface area contributed by atoms with Crippen LogP contribution < -0.4 is 4.90 Å². The van der Waals surface area contributed by atoms with Crippen molar-refractivity contribution in [1.29, 1.82) is 0 Å². The van der Waals surface area contributed by atoms with E-state index in [0.717, 1.165) is 63.2 Å². The van der Waals surface area contributed by atoms with E-state index >= 15 is 0 Å². The van der Waals surface area contributed by atoms with Gasteiger partial charge in [0.05, 0.1) is 21.3 Å². The first-order valence-electron chi connectivity index (χ1n) is 8.52. The number of rotatable bonds is 2. The summed E-state index contributed by atoms with van der Waals surface area (Å²) in [6, 6.07) is 14.1. The standard InChI is InChI=1S/C19H17ClN4S/c20-13-5-6-16-17(11-13)25-19(23-16)24-9-7-12(8-10-24)18-21-14-3-1-2-4-15(14)22-18/h1-6,11-12H,7-10H2,(H,21,22). The quantitative estimate of drug-likeness (QED) is 0.528. The van der Waals surface area contributed by atoms with Crippen molar-refractivity contribution in [3.05, 3.63) is 53.3 Å². The average Bonchev–Trinajstić information content (AvgIpc) is 3.25. The number of thiazole rings is 1. The smallest absolute Gasteiger partial charge is 0.186 e. The van der Waals surface area contributed by atoms with Crippen molar-refractivity contribution in [2.75, 3.05) is 18.0 Å². The number of halogens is 1. The lowest BCUT2D eigenvalue weighted by Gasteiger charge is -2.30. The van der Waals surface area contributed by atoms with Crippen LogP contribution in [0.3, 0.4) is 0 Å². The summed E-state index contributed by atoms with van der Waals surface area (Å²) in [6.45, 7) is 2.02. The molecule has 0 amide bonds. The van der Waals surface area contributed by atoms with Crippen molar-refractivity contribution in [1.82, 2.24) is 15.0 Å². The molecule has 1 aliphatic rings. The van der Waals surface area contributed by atoms with Crippen LogP contribution in [-0.4, -0.2) is 28.0 Å². The number of nitrogens with one attached hydrogen (secondary N) is 1. The maximum Gasteiger partial charge on any atom is 0.186 e. The first-order chi connectivity index (χ1) is 12.3. The van der Waals surface area contributed by atoms with Crippen LogP contribution in [0.1, 0.15) is 24.6 Å². The molecular formula is C19H17ClN4S. The highest BCUT2D eigenvalue weighted by molar-refractivity contribution is 7.22. The normalized spacial score (nSPS) is 16.1. The lowest BCUT2D eigenvalue weighted by atomic mass is 9.96. The minimum absolute atomic E-state index is 0.493. The predicted octanol–water partition coefficient (Wildman–Crippen LogP) is 5.21. The number of hydrogen-bond donors (Lipinski definition) is 1. The van der Waals surface area contributed by atoms with Crippen molar-refractivity contribution in [3.8, 4) is 0 Å². The lowest BCUT2D eigenvalue weighted by molar-refractivity contribution is 0.489. The number of hydrogen-bond acceptors (Lipinski definition) is 4. The Balaban J connectivity index is 1.34. The third kappa shape index (κ3) is 2.77. The molecule has 4 aromatic rings. The van der Waals surface area contributed by atoms with Gasteiger partial charge in [-0.3, -0.25) is 0 Å². The Bertz CT molecular complexity index is 1010. The van der Waals surface area contributed by atoms with E-state index < -0.39 is 0 Å². The van der Waals surface area contributed by atoms with Gasteiger partial charge in [0.2, 0.25) is 0 Å². The van der Waals surface area contributed by atoms with Gasteiger partial charge in [0, 0.05) is 24.0 Å². The molecular weight excluding hydrogens is 352 g/mol. The molecule has 3 heterocycles. The number of H-pyrrole nitrogens is 1. The largest absolute Gasteiger partial charge is 0.348 e. The Hall–Kier alpha value is -2.11. The average molecular weight is 369 g/mol. The molecule has 0 atom stereocenters. The zero-order chi connectivity index (χ0) is 16.8. The van der Waals surface area contributed by atoms with Crippen LogP contribution in [0, 0.1) is 0 Å². The molecule has 5 rings (SSSR count). The molecule has 6 heteroatoms. The number of nitrogens with zero attached hydrogens (tertiary/aromatic N) is 3. The van der Waals surface area contributed by atoms with Gasteiger partial charge >= 0.3 is 0 Å². The zero-order valence-electron chi connectivity index (χ0n) is 13.6. The van der Waals surface area contributed by atoms with Gasteiger partial charge in [-0.15, -0.1) is 0 Å². The fourth-order valence-electron chi connectivity index (χ4n) is 3.53. The maximum atomic E-state index is 6.09. The van der Waals surface area contributed by atoms with E-state index in [9.17, 15) is 0 Å². The Kier molecular flexibility index (Phi) is 3.64. The fraction of sp³-hybridized carbons (Fsp3) is 0.263.